The Bertz CT molecular complexity index is 4250. The van der Waals surface area contributed by atoms with Crippen LogP contribution in [-0.2, 0) is 94.3 Å². The number of rotatable bonds is 71. The summed E-state index contributed by atoms with van der Waals surface area (Å²) in [7, 11) is 0. The van der Waals surface area contributed by atoms with Crippen molar-refractivity contribution in [2.24, 2.45) is 92.7 Å². The number of carboxylic acids is 1. The molecule has 796 valence electrons. The molecule has 0 bridgehead atoms. The maximum Gasteiger partial charge on any atom is 0.326 e. The summed E-state index contributed by atoms with van der Waals surface area (Å²) in [5.74, 6) is -15.9. The topological polar surface area (TPSA) is 671 Å². The van der Waals surface area contributed by atoms with Crippen molar-refractivity contribution in [3.63, 3.8) is 0 Å². The highest BCUT2D eigenvalue weighted by atomic mass is 16.4. The van der Waals surface area contributed by atoms with Crippen molar-refractivity contribution in [1.82, 2.24) is 85.1 Å². The minimum atomic E-state index is -1.44. The highest BCUT2D eigenvalue weighted by molar-refractivity contribution is 6.01. The Morgan fingerprint density at radius 1 is 0.291 bits per heavy atom. The van der Waals surface area contributed by atoms with Gasteiger partial charge >= 0.3 is 5.97 Å². The van der Waals surface area contributed by atoms with Crippen LogP contribution in [0.5, 0.6) is 0 Å². The molecule has 2 rings (SSSR count). The third-order valence-electron chi connectivity index (χ3n) is 23.3. The second kappa shape index (κ2) is 67.9. The van der Waals surface area contributed by atoms with E-state index in [1.165, 1.54) is 0 Å². The number of carbonyl (C=O) groups excluding carboxylic acids is 16. The number of nitrogens with zero attached hydrogens (tertiary/aromatic N) is 1. The summed E-state index contributed by atoms with van der Waals surface area (Å²) in [6, 6.07) is -1.85. The van der Waals surface area contributed by atoms with Crippen molar-refractivity contribution < 1.29 is 86.6 Å². The number of carbonyl (C=O) groups is 17. The van der Waals surface area contributed by atoms with Gasteiger partial charge in [-0.15, -0.1) is 0 Å². The van der Waals surface area contributed by atoms with Gasteiger partial charge in [-0.2, -0.15) is 0 Å². The van der Waals surface area contributed by atoms with E-state index in [9.17, 15) is 77.0 Å². The average Bonchev–Trinajstić information content (AvgIpc) is 0.847. The lowest BCUT2D eigenvalue weighted by molar-refractivity contribution is -0.143. The molecular weight excluding hydrogens is 1810 g/mol. The lowest BCUT2D eigenvalue weighted by Crippen LogP contribution is -2.61. The molecule has 29 N–H and O–H groups in total. The molecule has 0 unspecified atom stereocenters. The summed E-state index contributed by atoms with van der Waals surface area (Å²) in [4.78, 5) is 247. The minimum Gasteiger partial charge on any atom is -0.480 e. The van der Waals surface area contributed by atoms with Crippen LogP contribution in [0.2, 0.25) is 0 Å². The Morgan fingerprint density at radius 3 is 0.851 bits per heavy atom. The van der Waals surface area contributed by atoms with Gasteiger partial charge in [-0.1, -0.05) is 192 Å². The van der Waals surface area contributed by atoms with Gasteiger partial charge in [0.15, 0.2) is 5.96 Å². The SMILES string of the molecule is CC[C@H](C)[C@H](NC(=O)[C@H](CC(C)C)NC(=O)[C@H](CCCN=C(N)N)NC(=O)[C@H](CC(C)C)NC(=O)[C@H](CC(C)C)NC(=O)[C@H](CC(C)C)NC(=O)[C@H](CCCCN)NC(=O)[C@H](Cc1ccccc1)NC(=O)[C@H](CC(C)C)NC(=O)CNC(=O)[C@@H](N)CC(C)C)C(=O)N[C@@H](CC(C)C)C(=O)N[C@@H](CCCCN)C(=O)NCC(=O)N[C@@H](Cc1ccccc1)C(=O)N[C@@H](CCCCN)C(=O)N[C@@H](CC(C)C)C(=O)O. The number of amides is 16. The van der Waals surface area contributed by atoms with Gasteiger partial charge in [-0.3, -0.25) is 81.7 Å². The molecule has 0 fully saturated rings. The lowest BCUT2D eigenvalue weighted by Gasteiger charge is -2.31. The second-order valence-electron chi connectivity index (χ2n) is 40.4. The second-order valence-corrected chi connectivity index (χ2v) is 40.4. The molecular formula is C100H173N23O18. The Balaban J connectivity index is 2.58. The van der Waals surface area contributed by atoms with Crippen molar-refractivity contribution in [3.05, 3.63) is 71.8 Å². The van der Waals surface area contributed by atoms with Gasteiger partial charge in [0.25, 0.3) is 0 Å². The van der Waals surface area contributed by atoms with Gasteiger partial charge in [0.05, 0.1) is 19.1 Å². The summed E-state index contributed by atoms with van der Waals surface area (Å²) in [5, 5.41) is 53.8. The van der Waals surface area contributed by atoms with E-state index < -0.39 is 210 Å². The van der Waals surface area contributed by atoms with Crippen LogP contribution in [0.25, 0.3) is 0 Å². The molecule has 0 aromatic heterocycles. The number of hydrogen-bond donors (Lipinski definition) is 23. The van der Waals surface area contributed by atoms with Crippen LogP contribution < -0.4 is 119 Å². The summed E-state index contributed by atoms with van der Waals surface area (Å²) in [6.07, 6.45) is 3.42. The predicted octanol–water partition coefficient (Wildman–Crippen LogP) is 1.76. The van der Waals surface area contributed by atoms with Crippen molar-refractivity contribution in [3.8, 4) is 0 Å². The third-order valence-corrected chi connectivity index (χ3v) is 23.3. The number of nitrogens with two attached hydrogens (primary N) is 6. The fraction of sp³-hybridized carbons (Fsp3) is 0.700. The standard InChI is InChI=1S/C100H173N23O18/c1-19-65(18)84(98(139)121-77(50-62(12)13)92(133)112-69(37-26-29-41-101)86(127)109-56-83(125)111-79(53-66-33-22-20-23-34-66)95(136)113-71(39-28-31-43-103)89(130)122-81(99(140)141)52-64(16)17)123-97(138)78(51-63(14)15)117-88(129)72(40-32-44-107-100(105)106)115-91(132)74(47-59(6)7)118-94(135)76(49-61(10)11)119-93(134)75(48-60(8)9)116-87(128)70(38-27-30-42-102)114-96(137)80(54-67-35-24-21-25-36-67)120-90(131)73(46-58(4)5)110-82(124)55-108-85(126)68(104)45-57(2)3/h20-25,33-36,57-65,68-81,84H,19,26-32,37-56,101-104H2,1-18H3,(H,108,126)(H,109,127)(H,110,124)(H,111,125)(H,112,133)(H,113,136)(H,114,137)(H,115,132)(H,116,128)(H,117,129)(H,118,135)(H,119,134)(H,120,131)(H,121,139)(H,122,130)(H,123,138)(H,140,141)(H4,105,106,107)/t65-,68-,69-,70-,71-,72-,73-,74-,75-,76-,77-,78-,79-,80-,81-,84-/m0/s1. The smallest absolute Gasteiger partial charge is 0.326 e. The average molecular weight is 1990 g/mol. The molecule has 0 saturated heterocycles. The molecule has 16 amide bonds. The van der Waals surface area contributed by atoms with Crippen LogP contribution in [0.15, 0.2) is 65.7 Å². The zero-order valence-corrected chi connectivity index (χ0v) is 86.7. The number of guanidine groups is 1. The van der Waals surface area contributed by atoms with E-state index in [1.807, 2.05) is 55.4 Å². The Hall–Kier alpha value is -11.5. The molecule has 2 aromatic rings. The quantitative estimate of drug-likeness (QED) is 0.0255. The molecule has 0 radical (unpaired) electrons. The van der Waals surface area contributed by atoms with E-state index in [2.05, 4.69) is 90.1 Å². The number of nitrogens with one attached hydrogen (secondary N) is 16. The van der Waals surface area contributed by atoms with Crippen LogP contribution in [0.4, 0.5) is 0 Å². The maximum absolute atomic E-state index is 15.0. The highest BCUT2D eigenvalue weighted by Crippen LogP contribution is 2.20. The number of benzene rings is 2. The number of hydrogen-bond acceptors (Lipinski definition) is 22. The summed E-state index contributed by atoms with van der Waals surface area (Å²) in [6.45, 7) is 32.2. The molecule has 0 saturated carbocycles. The normalized spacial score (nSPS) is 14.9. The van der Waals surface area contributed by atoms with Gasteiger partial charge in [-0.05, 0) is 206 Å². The van der Waals surface area contributed by atoms with E-state index in [-0.39, 0.29) is 169 Å². The molecule has 41 nitrogen and oxygen atoms in total. The van der Waals surface area contributed by atoms with Crippen molar-refractivity contribution >= 4 is 106 Å². The zero-order valence-electron chi connectivity index (χ0n) is 86.7. The number of unbranched alkanes of at least 4 members (excludes halogenated alkanes) is 3. The van der Waals surface area contributed by atoms with Gasteiger partial charge < -0.3 is 125 Å². The van der Waals surface area contributed by atoms with Crippen molar-refractivity contribution in [2.75, 3.05) is 39.3 Å². The van der Waals surface area contributed by atoms with Crippen LogP contribution in [0, 0.1) is 53.3 Å². The molecule has 41 heteroatoms. The number of carboxylic acid groups (broad SMARTS) is 1. The zero-order chi connectivity index (χ0) is 106. The predicted molar refractivity (Wildman–Crippen MR) is 543 cm³/mol. The minimum absolute atomic E-state index is 0.000429. The van der Waals surface area contributed by atoms with Gasteiger partial charge in [0.1, 0.15) is 84.6 Å². The van der Waals surface area contributed by atoms with Gasteiger partial charge in [-0.25, -0.2) is 4.79 Å². The first-order valence-corrected chi connectivity index (χ1v) is 50.4. The van der Waals surface area contributed by atoms with Crippen LogP contribution in [-0.4, -0.2) is 241 Å². The number of aliphatic carboxylic acids is 1. The fourth-order valence-corrected chi connectivity index (χ4v) is 15.7. The van der Waals surface area contributed by atoms with Gasteiger partial charge in [0, 0.05) is 19.4 Å². The first-order chi connectivity index (χ1) is 66.4. The van der Waals surface area contributed by atoms with E-state index >= 15 is 9.59 Å². The van der Waals surface area contributed by atoms with E-state index in [0.29, 0.717) is 62.5 Å². The monoisotopic (exact) mass is 1980 g/mol. The largest absolute Gasteiger partial charge is 0.480 e. The molecule has 0 aliphatic heterocycles. The van der Waals surface area contributed by atoms with Crippen LogP contribution >= 0.6 is 0 Å². The molecule has 0 aliphatic carbocycles. The van der Waals surface area contributed by atoms with Crippen LogP contribution in [0.3, 0.4) is 0 Å². The molecule has 0 heterocycles. The summed E-state index contributed by atoms with van der Waals surface area (Å²) < 4.78 is 0. The Kier molecular flexibility index (Phi) is 60.4. The lowest BCUT2D eigenvalue weighted by atomic mass is 9.95. The molecule has 0 spiro atoms. The van der Waals surface area contributed by atoms with E-state index in [1.54, 1.807) is 130 Å². The first kappa shape index (κ1) is 126. The maximum atomic E-state index is 15.0. The summed E-state index contributed by atoms with van der Waals surface area (Å²) >= 11 is 0. The summed E-state index contributed by atoms with van der Waals surface area (Å²) in [5.41, 5.74) is 36.3. The van der Waals surface area contributed by atoms with Crippen molar-refractivity contribution in [1.29, 1.82) is 0 Å². The van der Waals surface area contributed by atoms with Crippen molar-refractivity contribution in [2.45, 2.75) is 357 Å². The molecule has 0 aliphatic rings. The van der Waals surface area contributed by atoms with Crippen LogP contribution in [0.1, 0.15) is 264 Å². The van der Waals surface area contributed by atoms with E-state index in [0.717, 1.165) is 0 Å². The third kappa shape index (κ3) is 52.2. The molecule has 2 aromatic carbocycles. The highest BCUT2D eigenvalue weighted by Gasteiger charge is 2.40. The van der Waals surface area contributed by atoms with Gasteiger partial charge in [0.2, 0.25) is 94.5 Å². The fourth-order valence-electron chi connectivity index (χ4n) is 15.7. The molecule has 16 atom stereocenters. The number of aliphatic imine (C=N–C) groups is 1. The Labute approximate surface area is 834 Å². The molecule has 141 heavy (non-hydrogen) atoms. The van der Waals surface area contributed by atoms with E-state index in [4.69, 9.17) is 34.4 Å². The first-order valence-electron chi connectivity index (χ1n) is 50.4. The Morgan fingerprint density at radius 2 is 0.539 bits per heavy atom.